The summed E-state index contributed by atoms with van der Waals surface area (Å²) in [5.74, 6) is 0.568. The molecule has 3 aromatic heterocycles. The topological polar surface area (TPSA) is 56.7 Å². The predicted molar refractivity (Wildman–Crippen MR) is 103 cm³/mol. The van der Waals surface area contributed by atoms with Crippen molar-refractivity contribution in [3.8, 4) is 0 Å². The van der Waals surface area contributed by atoms with Crippen LogP contribution < -0.4 is 5.73 Å². The van der Waals surface area contributed by atoms with Crippen LogP contribution in [0.4, 0.5) is 5.82 Å². The minimum absolute atomic E-state index is 0. The summed E-state index contributed by atoms with van der Waals surface area (Å²) in [7, 11) is 0. The van der Waals surface area contributed by atoms with Crippen LogP contribution in [0.15, 0.2) is 30.0 Å². The summed E-state index contributed by atoms with van der Waals surface area (Å²) in [5.41, 5.74) is 8.12. The lowest BCUT2D eigenvalue weighted by Gasteiger charge is -1.99. The molecule has 0 atom stereocenters. The van der Waals surface area contributed by atoms with Gasteiger partial charge in [-0.15, -0.1) is 11.3 Å². The average Bonchev–Trinajstić information content (AvgIpc) is 3.20. The number of nitrogens with two attached hydrogens (primary N) is 1. The van der Waals surface area contributed by atoms with E-state index in [-0.39, 0.29) is 8.41 Å². The van der Waals surface area contributed by atoms with Crippen LogP contribution in [-0.4, -0.2) is 22.9 Å². The Morgan fingerprint density at radius 2 is 1.87 bits per heavy atom. The minimum atomic E-state index is 0. The van der Waals surface area contributed by atoms with Crippen molar-refractivity contribution < 1.29 is 0 Å². The number of rotatable bonds is 3. The number of hydrogen-bond donors (Lipinski definition) is 1. The number of thiophene rings is 1. The summed E-state index contributed by atoms with van der Waals surface area (Å²) in [5, 5.41) is 3.08. The first kappa shape index (κ1) is 21.2. The van der Waals surface area contributed by atoms with Gasteiger partial charge >= 0.3 is 0 Å². The molecule has 23 heavy (non-hydrogen) atoms. The molecule has 3 heterocycles. The maximum absolute atomic E-state index is 5.99. The van der Waals surface area contributed by atoms with E-state index in [0.717, 1.165) is 24.0 Å². The van der Waals surface area contributed by atoms with Crippen LogP contribution in [0, 0.1) is 0 Å². The van der Waals surface area contributed by atoms with E-state index < -0.39 is 0 Å². The first-order valence-corrected chi connectivity index (χ1v) is 8.78. The third-order valence-corrected chi connectivity index (χ3v) is 3.92. The van der Waals surface area contributed by atoms with E-state index in [9.17, 15) is 0 Å². The maximum Gasteiger partial charge on any atom is 0.145 e. The summed E-state index contributed by atoms with van der Waals surface area (Å²) >= 11 is 1.76. The molecule has 0 amide bonds. The molecular weight excluding hydrogens is 303 g/mol. The van der Waals surface area contributed by atoms with Gasteiger partial charge in [-0.05, 0) is 23.9 Å². The molecule has 3 aromatic rings. The molecule has 2 N–H and O–H groups in total. The van der Waals surface area contributed by atoms with Crippen molar-refractivity contribution in [2.75, 3.05) is 5.73 Å². The van der Waals surface area contributed by atoms with Crippen LogP contribution in [-0.2, 0) is 13.0 Å². The van der Waals surface area contributed by atoms with Crippen LogP contribution in [0.2, 0.25) is 0 Å². The third-order valence-electron chi connectivity index (χ3n) is 3.05. The number of anilines is 1. The second-order valence-corrected chi connectivity index (χ2v) is 5.19. The molecule has 0 aliphatic heterocycles. The Hall–Kier alpha value is -1.82. The fraction of sp³-hybridized carbons (Fsp3) is 0.412. The number of hydrogen-bond acceptors (Lipinski definition) is 4. The zero-order valence-corrected chi connectivity index (χ0v) is 15.5. The van der Waals surface area contributed by atoms with Crippen molar-refractivity contribution in [3.63, 3.8) is 0 Å². The molecule has 0 spiro atoms. The summed E-state index contributed by atoms with van der Waals surface area (Å²) < 4.78 is 2.12. The van der Waals surface area contributed by atoms with Gasteiger partial charge in [0.15, 0.2) is 0 Å². The van der Waals surface area contributed by atoms with Crippen molar-refractivity contribution in [2.24, 2.45) is 0 Å². The van der Waals surface area contributed by atoms with Gasteiger partial charge in [-0.1, -0.05) is 33.8 Å². The van der Waals surface area contributed by atoms with Gasteiger partial charge in [0, 0.05) is 32.5 Å². The molecule has 3 rings (SSSR count). The normalized spacial score (nSPS) is 9.26. The summed E-state index contributed by atoms with van der Waals surface area (Å²) in [6.07, 6.45) is 4.55. The van der Waals surface area contributed by atoms with Crippen molar-refractivity contribution in [3.05, 3.63) is 40.5 Å². The highest BCUT2D eigenvalue weighted by atomic mass is 32.1. The Morgan fingerprint density at radius 1 is 1.17 bits per heavy atom. The number of aryl methyl sites for hydroxylation is 1. The van der Waals surface area contributed by atoms with E-state index in [1.165, 1.54) is 16.8 Å². The molecule has 0 saturated heterocycles. The number of nitrogen functional groups attached to an aromatic ring is 1. The Bertz CT molecular complexity index is 677. The maximum atomic E-state index is 5.99. The summed E-state index contributed by atoms with van der Waals surface area (Å²) in [4.78, 5) is 9.77. The van der Waals surface area contributed by atoms with E-state index in [2.05, 4.69) is 45.2 Å². The zero-order valence-electron chi connectivity index (χ0n) is 14.7. The van der Waals surface area contributed by atoms with Gasteiger partial charge in [0.1, 0.15) is 17.8 Å². The van der Waals surface area contributed by atoms with E-state index in [1.807, 2.05) is 27.7 Å². The van der Waals surface area contributed by atoms with E-state index >= 15 is 0 Å². The third kappa shape index (κ3) is 4.83. The standard InChI is InChI=1S/C13H14N4S.2C2H6.B/c1-2-17-7-9(6-10-4-3-5-18-10)11-12(14)15-8-16-13(11)17;2*1-2;/h3-5,7-8H,2,6H2,1H3,(H2,14,15,16);2*1-2H3;. The van der Waals surface area contributed by atoms with Crippen molar-refractivity contribution in [1.29, 1.82) is 0 Å². The van der Waals surface area contributed by atoms with Crippen LogP contribution >= 0.6 is 11.3 Å². The highest BCUT2D eigenvalue weighted by molar-refractivity contribution is 7.09. The van der Waals surface area contributed by atoms with Gasteiger partial charge in [-0.2, -0.15) is 0 Å². The highest BCUT2D eigenvalue weighted by Crippen LogP contribution is 2.27. The Morgan fingerprint density at radius 3 is 2.43 bits per heavy atom. The van der Waals surface area contributed by atoms with E-state index in [1.54, 1.807) is 11.3 Å². The lowest BCUT2D eigenvalue weighted by atomic mass is 10.1. The van der Waals surface area contributed by atoms with Crippen LogP contribution in [0.3, 0.4) is 0 Å². The molecule has 4 nitrogen and oxygen atoms in total. The molecule has 0 aliphatic rings. The monoisotopic (exact) mass is 329 g/mol. The van der Waals surface area contributed by atoms with Crippen molar-refractivity contribution in [1.82, 2.24) is 14.5 Å². The van der Waals surface area contributed by atoms with Crippen molar-refractivity contribution in [2.45, 2.75) is 47.6 Å². The Balaban J connectivity index is 0.000000901. The van der Waals surface area contributed by atoms with Crippen molar-refractivity contribution >= 4 is 36.6 Å². The molecule has 6 heteroatoms. The van der Waals surface area contributed by atoms with E-state index in [0.29, 0.717) is 5.82 Å². The molecule has 0 aromatic carbocycles. The van der Waals surface area contributed by atoms with Crippen LogP contribution in [0.1, 0.15) is 45.1 Å². The van der Waals surface area contributed by atoms with Gasteiger partial charge in [0.05, 0.1) is 5.39 Å². The van der Waals surface area contributed by atoms with E-state index in [4.69, 9.17) is 5.73 Å². The largest absolute Gasteiger partial charge is 0.383 e. The van der Waals surface area contributed by atoms with Crippen LogP contribution in [0.25, 0.3) is 11.0 Å². The first-order valence-electron chi connectivity index (χ1n) is 7.90. The van der Waals surface area contributed by atoms with Gasteiger partial charge in [0.25, 0.3) is 0 Å². The fourth-order valence-corrected chi connectivity index (χ4v) is 2.93. The summed E-state index contributed by atoms with van der Waals surface area (Å²) in [6, 6.07) is 4.21. The molecule has 0 unspecified atom stereocenters. The lowest BCUT2D eigenvalue weighted by Crippen LogP contribution is -1.96. The van der Waals surface area contributed by atoms with Crippen LogP contribution in [0.5, 0.6) is 0 Å². The Kier molecular flexibility index (Phi) is 9.98. The SMILES string of the molecule is CC.CC.CCn1cc(Cc2cccs2)c2c(N)ncnc21.[B]. The first-order chi connectivity index (χ1) is 10.8. The molecule has 123 valence electrons. The molecule has 0 bridgehead atoms. The highest BCUT2D eigenvalue weighted by Gasteiger charge is 2.13. The second-order valence-electron chi connectivity index (χ2n) is 4.15. The molecule has 0 fully saturated rings. The quantitative estimate of drug-likeness (QED) is 0.727. The molecule has 3 radical (unpaired) electrons. The van der Waals surface area contributed by atoms with Gasteiger partial charge in [0.2, 0.25) is 0 Å². The Labute approximate surface area is 145 Å². The predicted octanol–water partition coefficient (Wildman–Crippen LogP) is 4.36. The van der Waals surface area contributed by atoms with Gasteiger partial charge < -0.3 is 10.3 Å². The van der Waals surface area contributed by atoms with Gasteiger partial charge in [-0.3, -0.25) is 0 Å². The molecular formula is C17H26BN4S. The second kappa shape index (κ2) is 10.8. The molecule has 0 aliphatic carbocycles. The summed E-state index contributed by atoms with van der Waals surface area (Å²) in [6.45, 7) is 11.0. The zero-order chi connectivity index (χ0) is 16.5. The number of nitrogens with zero attached hydrogens (tertiary/aromatic N) is 3. The minimum Gasteiger partial charge on any atom is -0.383 e. The number of aromatic nitrogens is 3. The van der Waals surface area contributed by atoms with Gasteiger partial charge in [-0.25, -0.2) is 9.97 Å². The lowest BCUT2D eigenvalue weighted by molar-refractivity contribution is 0.783. The molecule has 0 saturated carbocycles. The smallest absolute Gasteiger partial charge is 0.145 e. The fourth-order valence-electron chi connectivity index (χ4n) is 2.21. The number of fused-ring (bicyclic) bond motifs is 1. The average molecular weight is 329 g/mol.